The quantitative estimate of drug-likeness (QED) is 0.634. The summed E-state index contributed by atoms with van der Waals surface area (Å²) >= 11 is 1.23. The van der Waals surface area contributed by atoms with Gasteiger partial charge in [0.05, 0.1) is 0 Å². The van der Waals surface area contributed by atoms with E-state index in [1.807, 2.05) is 6.07 Å². The van der Waals surface area contributed by atoms with E-state index in [0.717, 1.165) is 5.69 Å². The van der Waals surface area contributed by atoms with Crippen molar-refractivity contribution in [1.29, 1.82) is 0 Å². The molecule has 5 nitrogen and oxygen atoms in total. The molecule has 0 aliphatic rings. The largest absolute Gasteiger partial charge is 0.488 e. The second kappa shape index (κ2) is 4.39. The maximum absolute atomic E-state index is 8.98. The third-order valence-electron chi connectivity index (χ3n) is 1.80. The van der Waals surface area contributed by atoms with Crippen LogP contribution in [0.15, 0.2) is 30.6 Å². The van der Waals surface area contributed by atoms with Gasteiger partial charge in [-0.15, -0.1) is 0 Å². The SMILES string of the molecule is OB(O)c1cccc(Nc2ncns2)c1. The normalized spacial score (nSPS) is 10.0. The average molecular weight is 221 g/mol. The van der Waals surface area contributed by atoms with Crippen LogP contribution in [0, 0.1) is 0 Å². The van der Waals surface area contributed by atoms with E-state index in [-0.39, 0.29) is 0 Å². The zero-order valence-electron chi connectivity index (χ0n) is 7.66. The molecule has 0 aliphatic carbocycles. The lowest BCUT2D eigenvalue weighted by Crippen LogP contribution is -2.29. The van der Waals surface area contributed by atoms with E-state index in [1.54, 1.807) is 18.2 Å². The van der Waals surface area contributed by atoms with Crippen LogP contribution in [0.25, 0.3) is 0 Å². The maximum atomic E-state index is 8.98. The molecule has 3 N–H and O–H groups in total. The van der Waals surface area contributed by atoms with Gasteiger partial charge in [0.25, 0.3) is 0 Å². The molecule has 0 aliphatic heterocycles. The van der Waals surface area contributed by atoms with Crippen LogP contribution < -0.4 is 10.8 Å². The molecule has 2 rings (SSSR count). The van der Waals surface area contributed by atoms with Crippen LogP contribution in [0.2, 0.25) is 0 Å². The van der Waals surface area contributed by atoms with Crippen molar-refractivity contribution in [2.75, 3.05) is 5.32 Å². The molecular formula is C8H8BN3O2S. The lowest BCUT2D eigenvalue weighted by Gasteiger charge is -2.04. The Bertz CT molecular complexity index is 435. The van der Waals surface area contributed by atoms with Crippen molar-refractivity contribution < 1.29 is 10.0 Å². The Morgan fingerprint density at radius 2 is 2.20 bits per heavy atom. The first-order chi connectivity index (χ1) is 7.25. The molecule has 1 heterocycles. The van der Waals surface area contributed by atoms with Crippen molar-refractivity contribution in [3.8, 4) is 0 Å². The maximum Gasteiger partial charge on any atom is 0.488 e. The molecule has 76 valence electrons. The minimum atomic E-state index is -1.46. The lowest BCUT2D eigenvalue weighted by molar-refractivity contribution is 0.426. The van der Waals surface area contributed by atoms with E-state index in [0.29, 0.717) is 10.6 Å². The highest BCUT2D eigenvalue weighted by molar-refractivity contribution is 7.09. The Hall–Kier alpha value is -1.44. The van der Waals surface area contributed by atoms with Crippen LogP contribution in [0.5, 0.6) is 0 Å². The fourth-order valence-electron chi connectivity index (χ4n) is 1.13. The molecule has 0 fully saturated rings. The van der Waals surface area contributed by atoms with E-state index in [1.165, 1.54) is 17.9 Å². The van der Waals surface area contributed by atoms with Gasteiger partial charge in [-0.25, -0.2) is 4.98 Å². The van der Waals surface area contributed by atoms with Gasteiger partial charge in [0.1, 0.15) is 6.33 Å². The summed E-state index contributed by atoms with van der Waals surface area (Å²) in [5.74, 6) is 0. The van der Waals surface area contributed by atoms with E-state index in [4.69, 9.17) is 10.0 Å². The minimum Gasteiger partial charge on any atom is -0.423 e. The number of benzene rings is 1. The smallest absolute Gasteiger partial charge is 0.423 e. The molecule has 0 spiro atoms. The summed E-state index contributed by atoms with van der Waals surface area (Å²) in [7, 11) is -1.46. The number of nitrogens with zero attached hydrogens (tertiary/aromatic N) is 2. The fourth-order valence-corrected chi connectivity index (χ4v) is 1.58. The minimum absolute atomic E-state index is 0.435. The van der Waals surface area contributed by atoms with Crippen LogP contribution in [0.1, 0.15) is 0 Å². The zero-order chi connectivity index (χ0) is 10.7. The topological polar surface area (TPSA) is 78.3 Å². The Labute approximate surface area is 90.7 Å². The van der Waals surface area contributed by atoms with Crippen molar-refractivity contribution in [3.63, 3.8) is 0 Å². The summed E-state index contributed by atoms with van der Waals surface area (Å²) in [5.41, 5.74) is 1.18. The third-order valence-corrected chi connectivity index (χ3v) is 2.38. The summed E-state index contributed by atoms with van der Waals surface area (Å²) in [6.07, 6.45) is 1.46. The van der Waals surface area contributed by atoms with Crippen LogP contribution >= 0.6 is 11.5 Å². The summed E-state index contributed by atoms with van der Waals surface area (Å²) in [6.45, 7) is 0. The van der Waals surface area contributed by atoms with E-state index >= 15 is 0 Å². The average Bonchev–Trinajstić information content (AvgIpc) is 2.71. The monoisotopic (exact) mass is 221 g/mol. The molecule has 0 atom stereocenters. The van der Waals surface area contributed by atoms with Gasteiger partial charge in [-0.2, -0.15) is 4.37 Å². The third kappa shape index (κ3) is 2.53. The number of aromatic nitrogens is 2. The van der Waals surface area contributed by atoms with E-state index in [9.17, 15) is 0 Å². The van der Waals surface area contributed by atoms with E-state index in [2.05, 4.69) is 14.7 Å². The summed E-state index contributed by atoms with van der Waals surface area (Å²) in [6, 6.07) is 6.83. The molecule has 0 radical (unpaired) electrons. The Balaban J connectivity index is 2.18. The second-order valence-corrected chi connectivity index (χ2v) is 3.65. The standard InChI is InChI=1S/C8H8BN3O2S/c13-9(14)6-2-1-3-7(4-6)12-8-10-5-11-15-8/h1-5,13-14H,(H,10,11,12). The predicted octanol–water partition coefficient (Wildman–Crippen LogP) is -0.0385. The molecule has 2 aromatic rings. The van der Waals surface area contributed by atoms with Gasteiger partial charge < -0.3 is 15.4 Å². The second-order valence-electron chi connectivity index (χ2n) is 2.87. The highest BCUT2D eigenvalue weighted by Gasteiger charge is 2.10. The van der Waals surface area contributed by atoms with Crippen molar-refractivity contribution in [1.82, 2.24) is 9.36 Å². The zero-order valence-corrected chi connectivity index (χ0v) is 8.48. The van der Waals surface area contributed by atoms with E-state index < -0.39 is 7.12 Å². The summed E-state index contributed by atoms with van der Waals surface area (Å²) in [5, 5.41) is 21.6. The van der Waals surface area contributed by atoms with Crippen molar-refractivity contribution in [2.45, 2.75) is 0 Å². The highest BCUT2D eigenvalue weighted by Crippen LogP contribution is 2.15. The fraction of sp³-hybridized carbons (Fsp3) is 0. The molecule has 0 amide bonds. The first-order valence-electron chi connectivity index (χ1n) is 4.25. The molecule has 15 heavy (non-hydrogen) atoms. The van der Waals surface area contributed by atoms with Crippen molar-refractivity contribution >= 4 is 34.9 Å². The van der Waals surface area contributed by atoms with Crippen LogP contribution in [0.3, 0.4) is 0 Å². The van der Waals surface area contributed by atoms with Crippen LogP contribution in [-0.4, -0.2) is 26.5 Å². The van der Waals surface area contributed by atoms with Gasteiger partial charge in [-0.1, -0.05) is 12.1 Å². The molecule has 1 aromatic carbocycles. The lowest BCUT2D eigenvalue weighted by atomic mass is 9.80. The summed E-state index contributed by atoms with van der Waals surface area (Å²) in [4.78, 5) is 3.96. The Morgan fingerprint density at radius 3 is 2.87 bits per heavy atom. The molecular weight excluding hydrogens is 213 g/mol. The molecule has 0 unspecified atom stereocenters. The number of rotatable bonds is 3. The Kier molecular flexibility index (Phi) is 2.95. The van der Waals surface area contributed by atoms with Gasteiger partial charge in [0, 0.05) is 17.2 Å². The van der Waals surface area contributed by atoms with Gasteiger partial charge in [-0.05, 0) is 17.6 Å². The molecule has 0 saturated carbocycles. The van der Waals surface area contributed by atoms with Gasteiger partial charge in [0.15, 0.2) is 0 Å². The predicted molar refractivity (Wildman–Crippen MR) is 59.5 cm³/mol. The van der Waals surface area contributed by atoms with Gasteiger partial charge in [0.2, 0.25) is 5.13 Å². The first kappa shape index (κ1) is 10.1. The van der Waals surface area contributed by atoms with Crippen LogP contribution in [-0.2, 0) is 0 Å². The molecule has 1 aromatic heterocycles. The van der Waals surface area contributed by atoms with Crippen LogP contribution in [0.4, 0.5) is 10.8 Å². The molecule has 7 heteroatoms. The Morgan fingerprint density at radius 1 is 1.33 bits per heavy atom. The molecule has 0 bridgehead atoms. The number of hydrogen-bond acceptors (Lipinski definition) is 6. The number of anilines is 2. The number of hydrogen-bond donors (Lipinski definition) is 3. The van der Waals surface area contributed by atoms with Crippen molar-refractivity contribution in [3.05, 3.63) is 30.6 Å². The highest BCUT2D eigenvalue weighted by atomic mass is 32.1. The van der Waals surface area contributed by atoms with Gasteiger partial charge in [-0.3, -0.25) is 0 Å². The summed E-state index contributed by atoms with van der Waals surface area (Å²) < 4.78 is 3.85. The first-order valence-corrected chi connectivity index (χ1v) is 5.03. The van der Waals surface area contributed by atoms with Gasteiger partial charge >= 0.3 is 7.12 Å². The number of nitrogens with one attached hydrogen (secondary N) is 1. The molecule has 0 saturated heterocycles. The van der Waals surface area contributed by atoms with Crippen molar-refractivity contribution in [2.24, 2.45) is 0 Å².